The Labute approximate surface area is 90.8 Å². The van der Waals surface area contributed by atoms with Crippen LogP contribution in [0.1, 0.15) is 15.9 Å². The van der Waals surface area contributed by atoms with E-state index in [1.54, 1.807) is 12.1 Å². The lowest BCUT2D eigenvalue weighted by molar-refractivity contribution is 0.112. The van der Waals surface area contributed by atoms with Crippen molar-refractivity contribution in [3.05, 3.63) is 27.7 Å². The molecule has 76 valence electrons. The molecule has 0 saturated carbocycles. The third-order valence-electron chi connectivity index (χ3n) is 1.77. The van der Waals surface area contributed by atoms with Gasteiger partial charge in [0.15, 0.2) is 6.29 Å². The summed E-state index contributed by atoms with van der Waals surface area (Å²) in [6.45, 7) is 2.09. The van der Waals surface area contributed by atoms with Crippen LogP contribution in [0.4, 0.5) is 0 Å². The average Bonchev–Trinajstić information content (AvgIpc) is 2.18. The summed E-state index contributed by atoms with van der Waals surface area (Å²) in [4.78, 5) is 10.6. The summed E-state index contributed by atoms with van der Waals surface area (Å²) in [6, 6.07) is 3.47. The normalized spacial score (nSPS) is 9.93. The van der Waals surface area contributed by atoms with Crippen LogP contribution in [0.15, 0.2) is 16.6 Å². The lowest BCUT2D eigenvalue weighted by Gasteiger charge is -2.09. The molecule has 0 aromatic heterocycles. The molecule has 1 aromatic carbocycles. The number of aliphatic hydroxyl groups excluding tert-OH is 1. The molecule has 0 fully saturated rings. The van der Waals surface area contributed by atoms with Crippen molar-refractivity contribution in [2.45, 2.75) is 6.92 Å². The molecule has 0 heterocycles. The topological polar surface area (TPSA) is 46.5 Å². The number of carbonyl (C=O) groups excluding carboxylic acids is 1. The zero-order chi connectivity index (χ0) is 10.6. The summed E-state index contributed by atoms with van der Waals surface area (Å²) in [5.41, 5.74) is 1.47. The molecule has 0 aliphatic carbocycles. The van der Waals surface area contributed by atoms with Gasteiger partial charge in [-0.05, 0) is 40.5 Å². The first-order valence-electron chi connectivity index (χ1n) is 4.18. The smallest absolute Gasteiger partial charge is 0.151 e. The number of aryl methyl sites for hydroxylation is 1. The first-order valence-corrected chi connectivity index (χ1v) is 4.97. The Hall–Kier alpha value is -0.870. The number of rotatable bonds is 4. The van der Waals surface area contributed by atoms with Gasteiger partial charge in [0.1, 0.15) is 12.4 Å². The fraction of sp³-hybridized carbons (Fsp3) is 0.300. The highest BCUT2D eigenvalue weighted by atomic mass is 79.9. The van der Waals surface area contributed by atoms with E-state index in [1.807, 2.05) is 6.92 Å². The van der Waals surface area contributed by atoms with Crippen LogP contribution in [-0.4, -0.2) is 24.6 Å². The third kappa shape index (κ3) is 2.56. The number of hydrogen-bond donors (Lipinski definition) is 1. The van der Waals surface area contributed by atoms with Gasteiger partial charge in [-0.15, -0.1) is 0 Å². The Morgan fingerprint density at radius 3 is 2.86 bits per heavy atom. The van der Waals surface area contributed by atoms with Crippen LogP contribution in [0, 0.1) is 6.92 Å². The molecular formula is C10H11BrO3. The monoisotopic (exact) mass is 258 g/mol. The summed E-state index contributed by atoms with van der Waals surface area (Å²) in [5, 5.41) is 8.60. The summed E-state index contributed by atoms with van der Waals surface area (Å²) >= 11 is 3.26. The van der Waals surface area contributed by atoms with E-state index in [2.05, 4.69) is 15.9 Å². The Balaban J connectivity index is 2.96. The van der Waals surface area contributed by atoms with Gasteiger partial charge in [-0.1, -0.05) is 0 Å². The first kappa shape index (κ1) is 11.2. The zero-order valence-electron chi connectivity index (χ0n) is 7.79. The predicted molar refractivity (Wildman–Crippen MR) is 56.8 cm³/mol. The minimum Gasteiger partial charge on any atom is -0.491 e. The number of benzene rings is 1. The quantitative estimate of drug-likeness (QED) is 0.840. The van der Waals surface area contributed by atoms with E-state index in [9.17, 15) is 4.79 Å². The number of ether oxygens (including phenoxy) is 1. The fourth-order valence-corrected chi connectivity index (χ4v) is 1.50. The minimum absolute atomic E-state index is 0.0213. The van der Waals surface area contributed by atoms with Gasteiger partial charge in [-0.2, -0.15) is 0 Å². The Bertz CT molecular complexity index is 336. The van der Waals surface area contributed by atoms with Gasteiger partial charge in [-0.3, -0.25) is 4.79 Å². The van der Waals surface area contributed by atoms with Crippen LogP contribution in [-0.2, 0) is 0 Å². The van der Waals surface area contributed by atoms with E-state index < -0.39 is 0 Å². The molecule has 0 aliphatic rings. The van der Waals surface area contributed by atoms with Crippen molar-refractivity contribution in [3.8, 4) is 5.75 Å². The predicted octanol–water partition coefficient (Wildman–Crippen LogP) is 1.94. The summed E-state index contributed by atoms with van der Waals surface area (Å²) in [5.74, 6) is 0.677. The maximum Gasteiger partial charge on any atom is 0.151 e. The Morgan fingerprint density at radius 1 is 1.57 bits per heavy atom. The highest BCUT2D eigenvalue weighted by Gasteiger charge is 2.05. The van der Waals surface area contributed by atoms with Crippen molar-refractivity contribution < 1.29 is 14.6 Å². The minimum atomic E-state index is -0.0213. The third-order valence-corrected chi connectivity index (χ3v) is 2.46. The van der Waals surface area contributed by atoms with E-state index in [0.717, 1.165) is 11.8 Å². The summed E-state index contributed by atoms with van der Waals surface area (Å²) in [7, 11) is 0. The molecular weight excluding hydrogens is 248 g/mol. The number of aldehydes is 1. The van der Waals surface area contributed by atoms with Gasteiger partial charge < -0.3 is 9.84 Å². The SMILES string of the molecule is Cc1cc(C=O)c(Br)cc1OCCO. The zero-order valence-corrected chi connectivity index (χ0v) is 9.37. The highest BCUT2D eigenvalue weighted by molar-refractivity contribution is 9.10. The second-order valence-electron chi connectivity index (χ2n) is 2.83. The van der Waals surface area contributed by atoms with Crippen LogP contribution in [0.25, 0.3) is 0 Å². The number of carbonyl (C=O) groups is 1. The molecule has 0 amide bonds. The molecule has 1 rings (SSSR count). The number of halogens is 1. The number of aliphatic hydroxyl groups is 1. The molecule has 3 nitrogen and oxygen atoms in total. The Morgan fingerprint density at radius 2 is 2.29 bits per heavy atom. The van der Waals surface area contributed by atoms with Crippen molar-refractivity contribution in [3.63, 3.8) is 0 Å². The lowest BCUT2D eigenvalue weighted by Crippen LogP contribution is -2.03. The van der Waals surface area contributed by atoms with Crippen molar-refractivity contribution in [2.24, 2.45) is 0 Å². The van der Waals surface area contributed by atoms with Gasteiger partial charge in [0.05, 0.1) is 6.61 Å². The molecule has 0 atom stereocenters. The van der Waals surface area contributed by atoms with Gasteiger partial charge in [-0.25, -0.2) is 0 Å². The van der Waals surface area contributed by atoms with E-state index in [0.29, 0.717) is 15.8 Å². The maximum atomic E-state index is 10.6. The van der Waals surface area contributed by atoms with E-state index in [1.165, 1.54) is 0 Å². The molecule has 1 aromatic rings. The maximum absolute atomic E-state index is 10.6. The summed E-state index contributed by atoms with van der Waals surface area (Å²) in [6.07, 6.45) is 0.785. The van der Waals surface area contributed by atoms with Gasteiger partial charge >= 0.3 is 0 Å². The van der Waals surface area contributed by atoms with Crippen LogP contribution in [0.5, 0.6) is 5.75 Å². The van der Waals surface area contributed by atoms with Gasteiger partial charge in [0.25, 0.3) is 0 Å². The van der Waals surface area contributed by atoms with E-state index in [4.69, 9.17) is 9.84 Å². The standard InChI is InChI=1S/C10H11BrO3/c1-7-4-8(6-13)9(11)5-10(7)14-3-2-12/h4-6,12H,2-3H2,1H3. The van der Waals surface area contributed by atoms with Crippen LogP contribution < -0.4 is 4.74 Å². The van der Waals surface area contributed by atoms with Gasteiger partial charge in [0, 0.05) is 10.0 Å². The van der Waals surface area contributed by atoms with Crippen molar-refractivity contribution in [1.29, 1.82) is 0 Å². The lowest BCUT2D eigenvalue weighted by atomic mass is 10.1. The largest absolute Gasteiger partial charge is 0.491 e. The average molecular weight is 259 g/mol. The first-order chi connectivity index (χ1) is 6.69. The molecule has 0 aliphatic heterocycles. The molecule has 0 radical (unpaired) electrons. The van der Waals surface area contributed by atoms with Crippen molar-refractivity contribution >= 4 is 22.2 Å². The highest BCUT2D eigenvalue weighted by Crippen LogP contribution is 2.26. The Kier molecular flexibility index (Phi) is 4.10. The molecule has 0 saturated heterocycles. The van der Waals surface area contributed by atoms with Crippen molar-refractivity contribution in [1.82, 2.24) is 0 Å². The second kappa shape index (κ2) is 5.12. The van der Waals surface area contributed by atoms with Crippen molar-refractivity contribution in [2.75, 3.05) is 13.2 Å². The fourth-order valence-electron chi connectivity index (χ4n) is 1.09. The number of hydrogen-bond acceptors (Lipinski definition) is 3. The molecule has 14 heavy (non-hydrogen) atoms. The van der Waals surface area contributed by atoms with Crippen LogP contribution in [0.2, 0.25) is 0 Å². The van der Waals surface area contributed by atoms with E-state index in [-0.39, 0.29) is 13.2 Å². The molecule has 0 bridgehead atoms. The summed E-state index contributed by atoms with van der Waals surface area (Å²) < 4.78 is 5.97. The molecule has 0 unspecified atom stereocenters. The van der Waals surface area contributed by atoms with E-state index >= 15 is 0 Å². The van der Waals surface area contributed by atoms with Crippen LogP contribution >= 0.6 is 15.9 Å². The second-order valence-corrected chi connectivity index (χ2v) is 3.68. The molecule has 1 N–H and O–H groups in total. The molecule has 0 spiro atoms. The molecule has 4 heteroatoms. The van der Waals surface area contributed by atoms with Crippen LogP contribution in [0.3, 0.4) is 0 Å². The van der Waals surface area contributed by atoms with Gasteiger partial charge in [0.2, 0.25) is 0 Å².